The van der Waals surface area contributed by atoms with Gasteiger partial charge in [0.25, 0.3) is 0 Å². The molecule has 0 aliphatic heterocycles. The van der Waals surface area contributed by atoms with E-state index in [0.717, 1.165) is 25.1 Å². The van der Waals surface area contributed by atoms with Gasteiger partial charge in [0, 0.05) is 24.3 Å². The minimum atomic E-state index is -0.0106. The summed E-state index contributed by atoms with van der Waals surface area (Å²) >= 11 is 0. The van der Waals surface area contributed by atoms with Crippen molar-refractivity contribution in [2.45, 2.75) is 63.6 Å². The molecule has 2 saturated carbocycles. The Labute approximate surface area is 115 Å². The normalized spacial score (nSPS) is 30.9. The number of aliphatic hydroxyl groups excluding tert-OH is 1. The van der Waals surface area contributed by atoms with E-state index in [2.05, 4.69) is 22.7 Å². The van der Waals surface area contributed by atoms with E-state index < -0.39 is 0 Å². The number of aromatic nitrogens is 2. The van der Waals surface area contributed by atoms with E-state index in [4.69, 9.17) is 0 Å². The van der Waals surface area contributed by atoms with Crippen LogP contribution in [-0.4, -0.2) is 33.1 Å². The van der Waals surface area contributed by atoms with Gasteiger partial charge in [-0.1, -0.05) is 6.42 Å². The Kier molecular flexibility index (Phi) is 3.63. The summed E-state index contributed by atoms with van der Waals surface area (Å²) in [4.78, 5) is 0. The van der Waals surface area contributed by atoms with Crippen molar-refractivity contribution in [1.82, 2.24) is 15.1 Å². The molecule has 106 valence electrons. The first-order valence-electron chi connectivity index (χ1n) is 7.60. The Morgan fingerprint density at radius 1 is 1.47 bits per heavy atom. The van der Waals surface area contributed by atoms with Crippen LogP contribution < -0.4 is 5.32 Å². The highest BCUT2D eigenvalue weighted by atomic mass is 16.3. The van der Waals surface area contributed by atoms with Crippen LogP contribution in [0.4, 0.5) is 0 Å². The quantitative estimate of drug-likeness (QED) is 0.823. The van der Waals surface area contributed by atoms with Gasteiger partial charge < -0.3 is 10.4 Å². The molecule has 0 amide bonds. The molecular weight excluding hydrogens is 238 g/mol. The first-order chi connectivity index (χ1) is 9.22. The Balaban J connectivity index is 1.61. The summed E-state index contributed by atoms with van der Waals surface area (Å²) in [6, 6.07) is 2.72. The minimum Gasteiger partial charge on any atom is -0.394 e. The highest BCUT2D eigenvalue weighted by Crippen LogP contribution is 2.40. The lowest BCUT2D eigenvalue weighted by Crippen LogP contribution is -2.52. The van der Waals surface area contributed by atoms with Gasteiger partial charge in [0.15, 0.2) is 0 Å². The van der Waals surface area contributed by atoms with Crippen molar-refractivity contribution in [3.63, 3.8) is 0 Å². The predicted molar refractivity (Wildman–Crippen MR) is 74.9 cm³/mol. The molecule has 0 bridgehead atoms. The summed E-state index contributed by atoms with van der Waals surface area (Å²) in [5, 5.41) is 18.1. The predicted octanol–water partition coefficient (Wildman–Crippen LogP) is 1.86. The molecular formula is C15H25N3O. The maximum Gasteiger partial charge on any atom is 0.0616 e. The van der Waals surface area contributed by atoms with Gasteiger partial charge in [0.1, 0.15) is 0 Å². The van der Waals surface area contributed by atoms with Crippen molar-refractivity contribution in [1.29, 1.82) is 0 Å². The fraction of sp³-hybridized carbons (Fsp3) is 0.800. The maximum atomic E-state index is 9.88. The van der Waals surface area contributed by atoms with Gasteiger partial charge in [-0.05, 0) is 51.0 Å². The molecule has 0 radical (unpaired) electrons. The molecule has 4 heteroatoms. The zero-order valence-electron chi connectivity index (χ0n) is 11.8. The van der Waals surface area contributed by atoms with Crippen LogP contribution in [0.25, 0.3) is 0 Å². The molecule has 0 saturated heterocycles. The zero-order valence-corrected chi connectivity index (χ0v) is 11.8. The van der Waals surface area contributed by atoms with Crippen LogP contribution in [0.15, 0.2) is 12.3 Å². The lowest BCUT2D eigenvalue weighted by Gasteiger charge is -2.35. The molecule has 2 aliphatic rings. The molecule has 0 spiro atoms. The van der Waals surface area contributed by atoms with Crippen LogP contribution in [-0.2, 0) is 6.54 Å². The monoisotopic (exact) mass is 263 g/mol. The van der Waals surface area contributed by atoms with E-state index in [1.54, 1.807) is 0 Å². The average Bonchev–Trinajstić information content (AvgIpc) is 2.97. The average molecular weight is 263 g/mol. The molecule has 3 rings (SSSR count). The standard InChI is InChI=1S/C15H25N3O/c1-12-6-9-18(17-12)10-7-13-3-2-8-15(13,11-19)16-14-4-5-14/h6,9,13-14,16,19H,2-5,7-8,10-11H2,1H3. The minimum absolute atomic E-state index is 0.0106. The molecule has 2 aliphatic carbocycles. The van der Waals surface area contributed by atoms with Gasteiger partial charge in [-0.2, -0.15) is 5.10 Å². The second-order valence-electron chi connectivity index (χ2n) is 6.33. The fourth-order valence-electron chi connectivity index (χ4n) is 3.52. The van der Waals surface area contributed by atoms with Crippen molar-refractivity contribution in [3.8, 4) is 0 Å². The van der Waals surface area contributed by atoms with Crippen molar-refractivity contribution in [2.24, 2.45) is 5.92 Å². The van der Waals surface area contributed by atoms with Crippen LogP contribution in [0.3, 0.4) is 0 Å². The molecule has 1 aromatic heterocycles. The summed E-state index contributed by atoms with van der Waals surface area (Å²) in [7, 11) is 0. The van der Waals surface area contributed by atoms with Crippen LogP contribution >= 0.6 is 0 Å². The van der Waals surface area contributed by atoms with Crippen LogP contribution in [0.5, 0.6) is 0 Å². The number of aliphatic hydroxyl groups is 1. The first-order valence-corrected chi connectivity index (χ1v) is 7.60. The Morgan fingerprint density at radius 2 is 2.32 bits per heavy atom. The Morgan fingerprint density at radius 3 is 2.95 bits per heavy atom. The molecule has 2 atom stereocenters. The number of nitrogens with one attached hydrogen (secondary N) is 1. The highest BCUT2D eigenvalue weighted by molar-refractivity contribution is 5.03. The molecule has 0 aromatic carbocycles. The van der Waals surface area contributed by atoms with E-state index in [1.165, 1.54) is 25.7 Å². The summed E-state index contributed by atoms with van der Waals surface area (Å²) in [5.74, 6) is 0.586. The number of hydrogen-bond acceptors (Lipinski definition) is 3. The number of rotatable bonds is 6. The second-order valence-corrected chi connectivity index (χ2v) is 6.33. The highest BCUT2D eigenvalue weighted by Gasteiger charge is 2.44. The van der Waals surface area contributed by atoms with Crippen LogP contribution in [0.1, 0.15) is 44.2 Å². The van der Waals surface area contributed by atoms with Crippen LogP contribution in [0.2, 0.25) is 0 Å². The van der Waals surface area contributed by atoms with Crippen molar-refractivity contribution in [2.75, 3.05) is 6.61 Å². The van der Waals surface area contributed by atoms with Gasteiger partial charge >= 0.3 is 0 Å². The number of hydrogen-bond donors (Lipinski definition) is 2. The van der Waals surface area contributed by atoms with Gasteiger partial charge in [-0.15, -0.1) is 0 Å². The Hall–Kier alpha value is -0.870. The maximum absolute atomic E-state index is 9.88. The van der Waals surface area contributed by atoms with Crippen molar-refractivity contribution in [3.05, 3.63) is 18.0 Å². The molecule has 2 fully saturated rings. The molecule has 1 heterocycles. The number of aryl methyl sites for hydroxylation is 2. The van der Waals surface area contributed by atoms with E-state index in [0.29, 0.717) is 12.0 Å². The van der Waals surface area contributed by atoms with Gasteiger partial charge in [-0.3, -0.25) is 4.68 Å². The lowest BCUT2D eigenvalue weighted by atomic mass is 9.85. The Bertz CT molecular complexity index is 427. The summed E-state index contributed by atoms with van der Waals surface area (Å²) < 4.78 is 2.03. The summed E-state index contributed by atoms with van der Waals surface area (Å²) in [6.07, 6.45) is 9.34. The van der Waals surface area contributed by atoms with Gasteiger partial charge in [-0.25, -0.2) is 0 Å². The van der Waals surface area contributed by atoms with Crippen molar-refractivity contribution >= 4 is 0 Å². The summed E-state index contributed by atoms with van der Waals surface area (Å²) in [5.41, 5.74) is 1.07. The lowest BCUT2D eigenvalue weighted by molar-refractivity contribution is 0.114. The third-order valence-corrected chi connectivity index (χ3v) is 4.79. The van der Waals surface area contributed by atoms with Gasteiger partial charge in [0.2, 0.25) is 0 Å². The topological polar surface area (TPSA) is 50.1 Å². The van der Waals surface area contributed by atoms with Crippen LogP contribution in [0, 0.1) is 12.8 Å². The fourth-order valence-corrected chi connectivity index (χ4v) is 3.52. The van der Waals surface area contributed by atoms with E-state index >= 15 is 0 Å². The summed E-state index contributed by atoms with van der Waals surface area (Å²) in [6.45, 7) is 3.28. The molecule has 19 heavy (non-hydrogen) atoms. The zero-order chi connectivity index (χ0) is 13.3. The molecule has 1 aromatic rings. The van der Waals surface area contributed by atoms with Gasteiger partial charge in [0.05, 0.1) is 12.3 Å². The van der Waals surface area contributed by atoms with E-state index in [-0.39, 0.29) is 12.1 Å². The van der Waals surface area contributed by atoms with E-state index in [9.17, 15) is 5.11 Å². The first kappa shape index (κ1) is 13.1. The molecule has 2 unspecified atom stereocenters. The molecule has 4 nitrogen and oxygen atoms in total. The number of nitrogens with zero attached hydrogens (tertiary/aromatic N) is 2. The third kappa shape index (κ3) is 2.84. The third-order valence-electron chi connectivity index (χ3n) is 4.79. The van der Waals surface area contributed by atoms with E-state index in [1.807, 2.05) is 11.6 Å². The second kappa shape index (κ2) is 5.25. The SMILES string of the molecule is Cc1ccn(CCC2CCCC2(CO)NC2CC2)n1. The largest absolute Gasteiger partial charge is 0.394 e. The van der Waals surface area contributed by atoms with Crippen molar-refractivity contribution < 1.29 is 5.11 Å². The molecule has 2 N–H and O–H groups in total. The smallest absolute Gasteiger partial charge is 0.0616 e.